The third-order valence-corrected chi connectivity index (χ3v) is 6.33. The van der Waals surface area contributed by atoms with Gasteiger partial charge in [-0.25, -0.2) is 4.98 Å². The number of carboxylic acid groups (broad SMARTS) is 1. The van der Waals surface area contributed by atoms with E-state index in [1.165, 1.54) is 31.4 Å². The molecule has 3 rings (SSSR count). The summed E-state index contributed by atoms with van der Waals surface area (Å²) < 4.78 is 44.6. The zero-order chi connectivity index (χ0) is 26.5. The number of nitriles is 1. The van der Waals surface area contributed by atoms with Crippen molar-refractivity contribution in [3.63, 3.8) is 0 Å². The molecule has 0 unspecified atom stereocenters. The summed E-state index contributed by atoms with van der Waals surface area (Å²) in [4.78, 5) is 27.4. The summed E-state index contributed by atoms with van der Waals surface area (Å²) in [5.74, 6) is -1.13. The number of alkyl halides is 3. The molecule has 0 spiro atoms. The van der Waals surface area contributed by atoms with Crippen LogP contribution in [0.4, 0.5) is 18.9 Å². The number of nitrogens with one attached hydrogen (secondary N) is 2. The van der Waals surface area contributed by atoms with E-state index in [0.29, 0.717) is 37.9 Å². The van der Waals surface area contributed by atoms with Crippen molar-refractivity contribution < 1.29 is 32.6 Å². The lowest BCUT2D eigenvalue weighted by molar-refractivity contribution is -0.143. The highest BCUT2D eigenvalue weighted by atomic mass is 19.4. The maximum atomic E-state index is 13.1. The number of anilines is 1. The van der Waals surface area contributed by atoms with E-state index < -0.39 is 23.9 Å². The number of aromatic nitrogens is 1. The van der Waals surface area contributed by atoms with Crippen LogP contribution in [0.5, 0.6) is 5.75 Å². The van der Waals surface area contributed by atoms with Gasteiger partial charge in [-0.15, -0.1) is 0 Å². The van der Waals surface area contributed by atoms with Crippen molar-refractivity contribution in [2.45, 2.75) is 44.8 Å². The van der Waals surface area contributed by atoms with E-state index in [1.54, 1.807) is 6.92 Å². The van der Waals surface area contributed by atoms with Crippen LogP contribution in [0.25, 0.3) is 0 Å². The van der Waals surface area contributed by atoms with Crippen LogP contribution in [0, 0.1) is 23.2 Å². The molecule has 1 aromatic carbocycles. The number of pyridine rings is 1. The molecule has 1 heterocycles. The Balaban J connectivity index is 1.68. The minimum atomic E-state index is -4.62. The van der Waals surface area contributed by atoms with E-state index in [0.717, 1.165) is 6.07 Å². The zero-order valence-corrected chi connectivity index (χ0v) is 19.9. The standard InChI is InChI=1S/C25H27F3N4O4/c1-14(22-20(36-2)9-10-21(32-22)25(26,27)28)31-19-8-7-17(11-18(19)12-29)23(33)30-13-15-3-5-16(6-4-15)24(34)35/h7-11,14-16,31H,3-6,13H2,1-2H3,(H,30,33)(H,34,35)/t14-,15?,16?/m0/s1. The lowest BCUT2D eigenvalue weighted by atomic mass is 9.82. The van der Waals surface area contributed by atoms with Gasteiger partial charge >= 0.3 is 12.1 Å². The largest absolute Gasteiger partial charge is 0.495 e. The quantitative estimate of drug-likeness (QED) is 0.473. The topological polar surface area (TPSA) is 124 Å². The van der Waals surface area contributed by atoms with Gasteiger partial charge in [0.2, 0.25) is 0 Å². The second kappa shape index (κ2) is 11.3. The van der Waals surface area contributed by atoms with Crippen molar-refractivity contribution in [2.75, 3.05) is 19.0 Å². The summed E-state index contributed by atoms with van der Waals surface area (Å²) >= 11 is 0. The minimum absolute atomic E-state index is 0.0238. The SMILES string of the molecule is COc1ccc(C(F)(F)F)nc1[C@H](C)Nc1ccc(C(=O)NCC2CCC(C(=O)O)CC2)cc1C#N. The van der Waals surface area contributed by atoms with Crippen molar-refractivity contribution in [1.29, 1.82) is 5.26 Å². The van der Waals surface area contributed by atoms with Gasteiger partial charge in [-0.05, 0) is 68.9 Å². The van der Waals surface area contributed by atoms with E-state index >= 15 is 0 Å². The van der Waals surface area contributed by atoms with Gasteiger partial charge < -0.3 is 20.5 Å². The Bertz CT molecular complexity index is 1150. The van der Waals surface area contributed by atoms with E-state index in [9.17, 15) is 28.0 Å². The molecule has 2 aromatic rings. The maximum absolute atomic E-state index is 13.1. The first kappa shape index (κ1) is 26.8. The van der Waals surface area contributed by atoms with Crippen molar-refractivity contribution in [1.82, 2.24) is 10.3 Å². The van der Waals surface area contributed by atoms with Crippen molar-refractivity contribution in [2.24, 2.45) is 11.8 Å². The van der Waals surface area contributed by atoms with Gasteiger partial charge in [-0.1, -0.05) is 0 Å². The zero-order valence-electron chi connectivity index (χ0n) is 19.9. The fourth-order valence-electron chi connectivity index (χ4n) is 4.26. The average molecular weight is 505 g/mol. The number of rotatable bonds is 8. The minimum Gasteiger partial charge on any atom is -0.495 e. The third-order valence-electron chi connectivity index (χ3n) is 6.33. The van der Waals surface area contributed by atoms with E-state index in [2.05, 4.69) is 15.6 Å². The van der Waals surface area contributed by atoms with Crippen LogP contribution in [0.15, 0.2) is 30.3 Å². The molecule has 8 nitrogen and oxygen atoms in total. The number of methoxy groups -OCH3 is 1. The van der Waals surface area contributed by atoms with Gasteiger partial charge in [-0.3, -0.25) is 9.59 Å². The number of carboxylic acids is 1. The lowest BCUT2D eigenvalue weighted by Crippen LogP contribution is -2.32. The van der Waals surface area contributed by atoms with Crippen molar-refractivity contribution in [3.05, 3.63) is 52.8 Å². The van der Waals surface area contributed by atoms with Crippen LogP contribution in [0.3, 0.4) is 0 Å². The monoisotopic (exact) mass is 504 g/mol. The molecule has 0 bridgehead atoms. The van der Waals surface area contributed by atoms with Gasteiger partial charge in [0.15, 0.2) is 0 Å². The van der Waals surface area contributed by atoms with Gasteiger partial charge in [0.1, 0.15) is 23.2 Å². The number of carbonyl (C=O) groups is 2. The molecule has 1 amide bonds. The Hall–Kier alpha value is -3.81. The van der Waals surface area contributed by atoms with Crippen molar-refractivity contribution in [3.8, 4) is 11.8 Å². The predicted molar refractivity (Wildman–Crippen MR) is 124 cm³/mol. The fraction of sp³-hybridized carbons (Fsp3) is 0.440. The molecule has 1 aromatic heterocycles. The third kappa shape index (κ3) is 6.44. The number of hydrogen-bond donors (Lipinski definition) is 3. The second-order valence-corrected chi connectivity index (χ2v) is 8.79. The first-order valence-electron chi connectivity index (χ1n) is 11.5. The Morgan fingerprint density at radius 2 is 1.92 bits per heavy atom. The Morgan fingerprint density at radius 1 is 1.22 bits per heavy atom. The highest BCUT2D eigenvalue weighted by Gasteiger charge is 2.34. The van der Waals surface area contributed by atoms with Crippen molar-refractivity contribution >= 4 is 17.6 Å². The molecule has 11 heteroatoms. The van der Waals surface area contributed by atoms with Crippen LogP contribution in [-0.4, -0.2) is 35.6 Å². The smallest absolute Gasteiger partial charge is 0.433 e. The highest BCUT2D eigenvalue weighted by molar-refractivity contribution is 5.95. The molecular weight excluding hydrogens is 477 g/mol. The number of aliphatic carboxylic acids is 1. The fourth-order valence-corrected chi connectivity index (χ4v) is 4.26. The van der Waals surface area contributed by atoms with E-state index in [1.807, 2.05) is 6.07 Å². The molecule has 36 heavy (non-hydrogen) atoms. The summed E-state index contributed by atoms with van der Waals surface area (Å²) in [5, 5.41) is 24.5. The summed E-state index contributed by atoms with van der Waals surface area (Å²) in [6, 6.07) is 7.73. The maximum Gasteiger partial charge on any atom is 0.433 e. The number of halogens is 3. The number of carbonyl (C=O) groups excluding carboxylic acids is 1. The average Bonchev–Trinajstić information content (AvgIpc) is 2.86. The van der Waals surface area contributed by atoms with Gasteiger partial charge in [0.05, 0.1) is 30.3 Å². The Labute approximate surface area is 206 Å². The highest BCUT2D eigenvalue weighted by Crippen LogP contribution is 2.33. The molecule has 1 aliphatic rings. The molecule has 1 atom stereocenters. The molecule has 0 aliphatic heterocycles. The number of nitrogens with zero attached hydrogens (tertiary/aromatic N) is 2. The van der Waals surface area contributed by atoms with Crippen LogP contribution in [-0.2, 0) is 11.0 Å². The predicted octanol–water partition coefficient (Wildman–Crippen LogP) is 4.77. The number of hydrogen-bond acceptors (Lipinski definition) is 6. The molecule has 0 saturated heterocycles. The Kier molecular flexibility index (Phi) is 8.40. The van der Waals surface area contributed by atoms with E-state index in [-0.39, 0.29) is 40.3 Å². The van der Waals surface area contributed by atoms with Crippen LogP contribution in [0.2, 0.25) is 0 Å². The van der Waals surface area contributed by atoms with Crippen LogP contribution < -0.4 is 15.4 Å². The summed E-state index contributed by atoms with van der Waals surface area (Å²) in [5.41, 5.74) is -0.303. The summed E-state index contributed by atoms with van der Waals surface area (Å²) in [6.07, 6.45) is -2.02. The molecule has 192 valence electrons. The second-order valence-electron chi connectivity index (χ2n) is 8.79. The molecule has 1 fully saturated rings. The molecule has 0 radical (unpaired) electrons. The molecule has 1 aliphatic carbocycles. The number of ether oxygens (including phenoxy) is 1. The first-order valence-corrected chi connectivity index (χ1v) is 11.5. The first-order chi connectivity index (χ1) is 17.0. The Morgan fingerprint density at radius 3 is 2.50 bits per heavy atom. The molecular formula is C25H27F3N4O4. The van der Waals surface area contributed by atoms with Gasteiger partial charge in [0.25, 0.3) is 5.91 Å². The summed E-state index contributed by atoms with van der Waals surface area (Å²) in [6.45, 7) is 2.00. The number of amides is 1. The lowest BCUT2D eigenvalue weighted by Gasteiger charge is -2.26. The molecule has 1 saturated carbocycles. The van der Waals surface area contributed by atoms with Gasteiger partial charge in [-0.2, -0.15) is 18.4 Å². The molecule has 3 N–H and O–H groups in total. The van der Waals surface area contributed by atoms with Crippen LogP contribution in [0.1, 0.15) is 66.0 Å². The number of benzene rings is 1. The summed E-state index contributed by atoms with van der Waals surface area (Å²) in [7, 11) is 1.33. The normalized spacial score (nSPS) is 18.6. The van der Waals surface area contributed by atoms with Gasteiger partial charge in [0, 0.05) is 12.1 Å². The van der Waals surface area contributed by atoms with Crippen LogP contribution >= 0.6 is 0 Å². The van der Waals surface area contributed by atoms with E-state index in [4.69, 9.17) is 9.84 Å².